The zero-order valence-electron chi connectivity index (χ0n) is 13.7. The second kappa shape index (κ2) is 7.27. The number of carbonyl (C=O) groups excluding carboxylic acids is 2. The molecule has 3 aromatic rings. The molecular weight excluding hydrogens is 340 g/mol. The Morgan fingerprint density at radius 3 is 2.76 bits per heavy atom. The maximum absolute atomic E-state index is 12.1. The van der Waals surface area contributed by atoms with Crippen molar-refractivity contribution in [3.63, 3.8) is 0 Å². The fourth-order valence-electron chi connectivity index (χ4n) is 2.22. The van der Waals surface area contributed by atoms with Crippen LogP contribution in [0.5, 0.6) is 0 Å². The van der Waals surface area contributed by atoms with E-state index >= 15 is 0 Å². The first-order valence-electron chi connectivity index (χ1n) is 7.50. The molecule has 0 bridgehead atoms. The van der Waals surface area contributed by atoms with Gasteiger partial charge in [0.15, 0.2) is 6.61 Å². The summed E-state index contributed by atoms with van der Waals surface area (Å²) in [7, 11) is 3.76. The summed E-state index contributed by atoms with van der Waals surface area (Å²) in [5, 5.41) is 2.69. The van der Waals surface area contributed by atoms with Crippen LogP contribution in [0.25, 0.3) is 11.0 Å². The van der Waals surface area contributed by atoms with Crippen molar-refractivity contribution in [1.29, 1.82) is 0 Å². The molecule has 3 rings (SSSR count). The largest absolute Gasteiger partial charge is 0.452 e. The summed E-state index contributed by atoms with van der Waals surface area (Å²) < 4.78 is 13.3. The minimum Gasteiger partial charge on any atom is -0.452 e. The molecule has 0 radical (unpaired) electrons. The summed E-state index contributed by atoms with van der Waals surface area (Å²) in [5.41, 5.74) is 3.14. The molecule has 0 aliphatic carbocycles. The number of ether oxygens (including phenoxy) is 1. The summed E-state index contributed by atoms with van der Waals surface area (Å²) in [4.78, 5) is 26.0. The fraction of sp³-hybridized carbons (Fsp3) is 0.176. The molecule has 7 nitrogen and oxygen atoms in total. The smallest absolute Gasteiger partial charge is 0.338 e. The highest BCUT2D eigenvalue weighted by Gasteiger charge is 2.13. The third kappa shape index (κ3) is 3.92. The van der Waals surface area contributed by atoms with Gasteiger partial charge in [-0.2, -0.15) is 8.75 Å². The second-order valence-corrected chi connectivity index (χ2v) is 6.04. The maximum Gasteiger partial charge on any atom is 0.338 e. The van der Waals surface area contributed by atoms with Gasteiger partial charge in [0.1, 0.15) is 11.0 Å². The van der Waals surface area contributed by atoms with Gasteiger partial charge in [0.25, 0.3) is 5.91 Å². The van der Waals surface area contributed by atoms with Crippen LogP contribution >= 0.6 is 11.7 Å². The van der Waals surface area contributed by atoms with Crippen molar-refractivity contribution in [2.24, 2.45) is 0 Å². The molecule has 0 aliphatic heterocycles. The van der Waals surface area contributed by atoms with Gasteiger partial charge in [-0.3, -0.25) is 4.79 Å². The minimum absolute atomic E-state index is 0.376. The van der Waals surface area contributed by atoms with Gasteiger partial charge in [-0.1, -0.05) is 12.1 Å². The molecule has 0 unspecified atom stereocenters. The number of amides is 1. The first-order valence-corrected chi connectivity index (χ1v) is 8.23. The number of hydrogen-bond donors (Lipinski definition) is 1. The van der Waals surface area contributed by atoms with Gasteiger partial charge in [0, 0.05) is 19.8 Å². The summed E-state index contributed by atoms with van der Waals surface area (Å²) in [5.74, 6) is -0.981. The Hall–Kier alpha value is -3.00. The van der Waals surface area contributed by atoms with Crippen molar-refractivity contribution in [3.05, 3.63) is 48.0 Å². The van der Waals surface area contributed by atoms with E-state index in [-0.39, 0.29) is 6.61 Å². The lowest BCUT2D eigenvalue weighted by molar-refractivity contribution is -0.119. The van der Waals surface area contributed by atoms with E-state index in [2.05, 4.69) is 14.1 Å². The van der Waals surface area contributed by atoms with Gasteiger partial charge < -0.3 is 15.0 Å². The van der Waals surface area contributed by atoms with Crippen LogP contribution in [0, 0.1) is 0 Å². The highest BCUT2D eigenvalue weighted by Crippen LogP contribution is 2.21. The van der Waals surface area contributed by atoms with Crippen LogP contribution in [-0.4, -0.2) is 41.3 Å². The van der Waals surface area contributed by atoms with Crippen molar-refractivity contribution in [1.82, 2.24) is 8.75 Å². The first-order chi connectivity index (χ1) is 12.0. The number of hydrogen-bond acceptors (Lipinski definition) is 7. The summed E-state index contributed by atoms with van der Waals surface area (Å²) in [6.45, 7) is -0.376. The van der Waals surface area contributed by atoms with E-state index in [0.29, 0.717) is 22.3 Å². The van der Waals surface area contributed by atoms with Gasteiger partial charge in [-0.05, 0) is 30.3 Å². The zero-order chi connectivity index (χ0) is 17.8. The predicted molar refractivity (Wildman–Crippen MR) is 97.1 cm³/mol. The van der Waals surface area contributed by atoms with Crippen LogP contribution < -0.4 is 10.2 Å². The number of rotatable bonds is 5. The van der Waals surface area contributed by atoms with Gasteiger partial charge in [-0.25, -0.2) is 4.79 Å². The quantitative estimate of drug-likeness (QED) is 0.707. The third-order valence-electron chi connectivity index (χ3n) is 3.49. The molecule has 8 heteroatoms. The minimum atomic E-state index is -0.549. The predicted octanol–water partition coefficient (Wildman–Crippen LogP) is 2.55. The zero-order valence-corrected chi connectivity index (χ0v) is 14.5. The molecule has 1 amide bonds. The van der Waals surface area contributed by atoms with Crippen LogP contribution in [-0.2, 0) is 9.53 Å². The Bertz CT molecular complexity index is 923. The number of carbonyl (C=O) groups is 2. The molecule has 0 atom stereocenters. The number of nitrogens with zero attached hydrogens (tertiary/aromatic N) is 3. The van der Waals surface area contributed by atoms with E-state index in [1.165, 1.54) is 0 Å². The van der Waals surface area contributed by atoms with Crippen molar-refractivity contribution in [3.8, 4) is 0 Å². The van der Waals surface area contributed by atoms with E-state index in [9.17, 15) is 9.59 Å². The number of benzene rings is 2. The van der Waals surface area contributed by atoms with E-state index in [1.807, 2.05) is 31.1 Å². The van der Waals surface area contributed by atoms with E-state index < -0.39 is 11.9 Å². The lowest BCUT2D eigenvalue weighted by Gasteiger charge is -2.13. The van der Waals surface area contributed by atoms with Crippen molar-refractivity contribution >= 4 is 46.0 Å². The molecule has 25 heavy (non-hydrogen) atoms. The number of fused-ring (bicyclic) bond motifs is 1. The molecule has 1 N–H and O–H groups in total. The van der Waals surface area contributed by atoms with Crippen molar-refractivity contribution in [2.75, 3.05) is 30.9 Å². The summed E-state index contributed by atoms with van der Waals surface area (Å²) in [6, 6.07) is 12.3. The maximum atomic E-state index is 12.1. The molecule has 2 aromatic carbocycles. The second-order valence-electron chi connectivity index (χ2n) is 5.51. The molecule has 0 saturated heterocycles. The SMILES string of the molecule is CN(C)c1cccc(C(=O)OCC(=O)Nc2cccc3nsnc23)c1. The highest BCUT2D eigenvalue weighted by molar-refractivity contribution is 7.00. The topological polar surface area (TPSA) is 84.4 Å². The van der Waals surface area contributed by atoms with Gasteiger partial charge in [0.05, 0.1) is 23.0 Å². The van der Waals surface area contributed by atoms with Gasteiger partial charge in [0.2, 0.25) is 0 Å². The number of aromatic nitrogens is 2. The van der Waals surface area contributed by atoms with Crippen LogP contribution in [0.2, 0.25) is 0 Å². The fourth-order valence-corrected chi connectivity index (χ4v) is 2.77. The number of anilines is 2. The molecule has 1 aromatic heterocycles. The number of esters is 1. The van der Waals surface area contributed by atoms with E-state index in [4.69, 9.17) is 4.74 Å². The number of nitrogens with one attached hydrogen (secondary N) is 1. The lowest BCUT2D eigenvalue weighted by Crippen LogP contribution is -2.21. The first kappa shape index (κ1) is 16.8. The summed E-state index contributed by atoms with van der Waals surface area (Å²) in [6.07, 6.45) is 0. The van der Waals surface area contributed by atoms with Crippen LogP contribution in [0.1, 0.15) is 10.4 Å². The Morgan fingerprint density at radius 2 is 1.96 bits per heavy atom. The Kier molecular flexibility index (Phi) is 4.90. The van der Waals surface area contributed by atoms with E-state index in [1.54, 1.807) is 30.3 Å². The average Bonchev–Trinajstić information content (AvgIpc) is 3.09. The van der Waals surface area contributed by atoms with Crippen molar-refractivity contribution in [2.45, 2.75) is 0 Å². The summed E-state index contributed by atoms with van der Waals surface area (Å²) >= 11 is 1.07. The molecule has 0 spiro atoms. The molecule has 128 valence electrons. The standard InChI is InChI=1S/C17H16N4O3S/c1-21(2)12-6-3-5-11(9-12)17(23)24-10-15(22)18-13-7-4-8-14-16(13)20-25-19-14/h3-9H,10H2,1-2H3,(H,18,22). The molecular formula is C17H16N4O3S. The molecule has 1 heterocycles. The highest BCUT2D eigenvalue weighted by atomic mass is 32.1. The normalized spacial score (nSPS) is 10.5. The van der Waals surface area contributed by atoms with Crippen LogP contribution in [0.3, 0.4) is 0 Å². The molecule has 0 saturated carbocycles. The Balaban J connectivity index is 1.61. The molecule has 0 aliphatic rings. The van der Waals surface area contributed by atoms with Gasteiger partial charge in [-0.15, -0.1) is 0 Å². The van der Waals surface area contributed by atoms with Crippen molar-refractivity contribution < 1.29 is 14.3 Å². The lowest BCUT2D eigenvalue weighted by atomic mass is 10.2. The Morgan fingerprint density at radius 1 is 1.16 bits per heavy atom. The average molecular weight is 356 g/mol. The third-order valence-corrected chi connectivity index (χ3v) is 4.04. The van der Waals surface area contributed by atoms with E-state index in [0.717, 1.165) is 17.4 Å². The van der Waals surface area contributed by atoms with Gasteiger partial charge >= 0.3 is 5.97 Å². The molecule has 0 fully saturated rings. The Labute approximate surface area is 148 Å². The monoisotopic (exact) mass is 356 g/mol. The van der Waals surface area contributed by atoms with Crippen LogP contribution in [0.15, 0.2) is 42.5 Å². The van der Waals surface area contributed by atoms with Crippen LogP contribution in [0.4, 0.5) is 11.4 Å².